The highest BCUT2D eigenvalue weighted by molar-refractivity contribution is 5.77. The van der Waals surface area contributed by atoms with E-state index in [4.69, 9.17) is 9.47 Å². The smallest absolute Gasteiger partial charge is 0.248 e. The lowest BCUT2D eigenvalue weighted by Gasteiger charge is -2.24. The van der Waals surface area contributed by atoms with Crippen LogP contribution in [0.25, 0.3) is 0 Å². The van der Waals surface area contributed by atoms with Crippen molar-refractivity contribution in [1.29, 1.82) is 0 Å². The molecule has 2 heterocycles. The van der Waals surface area contributed by atoms with Crippen LogP contribution in [-0.4, -0.2) is 74.4 Å². The lowest BCUT2D eigenvalue weighted by Crippen LogP contribution is -2.38. The van der Waals surface area contributed by atoms with Gasteiger partial charge in [0.25, 0.3) is 0 Å². The van der Waals surface area contributed by atoms with Gasteiger partial charge in [-0.1, -0.05) is 6.92 Å². The zero-order chi connectivity index (χ0) is 14.9. The van der Waals surface area contributed by atoms with Crippen LogP contribution in [0.5, 0.6) is 0 Å². The van der Waals surface area contributed by atoms with Gasteiger partial charge in [0.05, 0.1) is 12.7 Å². The highest BCUT2D eigenvalue weighted by atomic mass is 16.5. The second kappa shape index (κ2) is 9.38. The topological polar surface area (TPSA) is 42.0 Å². The van der Waals surface area contributed by atoms with Crippen molar-refractivity contribution in [2.75, 3.05) is 52.5 Å². The Labute approximate surface area is 128 Å². The van der Waals surface area contributed by atoms with Crippen molar-refractivity contribution in [3.8, 4) is 0 Å². The summed E-state index contributed by atoms with van der Waals surface area (Å²) in [5, 5.41) is 0. The summed E-state index contributed by atoms with van der Waals surface area (Å²) in [6.07, 6.45) is 5.86. The molecule has 2 aliphatic heterocycles. The van der Waals surface area contributed by atoms with Crippen LogP contribution in [0.3, 0.4) is 0 Å². The lowest BCUT2D eigenvalue weighted by atomic mass is 10.1. The molecule has 0 aromatic rings. The van der Waals surface area contributed by atoms with Crippen LogP contribution < -0.4 is 0 Å². The third kappa shape index (κ3) is 5.93. The normalized spacial score (nSPS) is 24.8. The number of ether oxygens (including phenoxy) is 2. The van der Waals surface area contributed by atoms with Gasteiger partial charge in [0, 0.05) is 26.2 Å². The van der Waals surface area contributed by atoms with E-state index in [0.717, 1.165) is 58.6 Å². The summed E-state index contributed by atoms with van der Waals surface area (Å²) in [5.41, 5.74) is 0. The minimum atomic E-state index is 0.129. The van der Waals surface area contributed by atoms with E-state index < -0.39 is 0 Å². The van der Waals surface area contributed by atoms with Crippen LogP contribution >= 0.6 is 0 Å². The number of amides is 1. The largest absolute Gasteiger partial charge is 0.376 e. The van der Waals surface area contributed by atoms with Gasteiger partial charge in [-0.05, 0) is 45.2 Å². The van der Waals surface area contributed by atoms with Crippen molar-refractivity contribution >= 4 is 5.91 Å². The predicted molar refractivity (Wildman–Crippen MR) is 82.3 cm³/mol. The molecule has 2 saturated heterocycles. The van der Waals surface area contributed by atoms with Crippen molar-refractivity contribution in [1.82, 2.24) is 9.80 Å². The quantitative estimate of drug-likeness (QED) is 0.745. The van der Waals surface area contributed by atoms with Gasteiger partial charge in [-0.15, -0.1) is 0 Å². The Morgan fingerprint density at radius 1 is 1.19 bits per heavy atom. The third-order valence-corrected chi connectivity index (χ3v) is 4.28. The molecule has 0 aliphatic carbocycles. The number of carbonyl (C=O) groups is 1. The minimum Gasteiger partial charge on any atom is -0.376 e. The SMILES string of the molecule is CCCN1CCCN(C(=O)COC[C@@H]2CCCCO2)CC1. The van der Waals surface area contributed by atoms with Gasteiger partial charge in [-0.3, -0.25) is 4.79 Å². The van der Waals surface area contributed by atoms with Crippen LogP contribution in [0.2, 0.25) is 0 Å². The Morgan fingerprint density at radius 2 is 2.10 bits per heavy atom. The maximum Gasteiger partial charge on any atom is 0.248 e. The van der Waals surface area contributed by atoms with Crippen LogP contribution in [0.15, 0.2) is 0 Å². The monoisotopic (exact) mass is 298 g/mol. The minimum absolute atomic E-state index is 0.129. The van der Waals surface area contributed by atoms with Gasteiger partial charge in [-0.25, -0.2) is 0 Å². The van der Waals surface area contributed by atoms with Gasteiger partial charge in [0.15, 0.2) is 0 Å². The van der Waals surface area contributed by atoms with Gasteiger partial charge < -0.3 is 19.3 Å². The zero-order valence-corrected chi connectivity index (χ0v) is 13.4. The first-order valence-electron chi connectivity index (χ1n) is 8.49. The molecular formula is C16H30N2O3. The average Bonchev–Trinajstić information content (AvgIpc) is 2.74. The molecule has 0 N–H and O–H groups in total. The molecule has 0 spiro atoms. The summed E-state index contributed by atoms with van der Waals surface area (Å²) in [5.74, 6) is 0.129. The first-order valence-corrected chi connectivity index (χ1v) is 8.49. The zero-order valence-electron chi connectivity index (χ0n) is 13.4. The highest BCUT2D eigenvalue weighted by Gasteiger charge is 2.20. The second-order valence-corrected chi connectivity index (χ2v) is 6.08. The fourth-order valence-electron chi connectivity index (χ4n) is 3.07. The van der Waals surface area contributed by atoms with E-state index in [0.29, 0.717) is 6.61 Å². The van der Waals surface area contributed by atoms with E-state index in [9.17, 15) is 4.79 Å². The molecule has 0 unspecified atom stereocenters. The van der Waals surface area contributed by atoms with E-state index >= 15 is 0 Å². The summed E-state index contributed by atoms with van der Waals surface area (Å²) < 4.78 is 11.2. The van der Waals surface area contributed by atoms with E-state index in [1.54, 1.807) is 0 Å². The van der Waals surface area contributed by atoms with E-state index in [1.165, 1.54) is 12.8 Å². The maximum absolute atomic E-state index is 12.2. The second-order valence-electron chi connectivity index (χ2n) is 6.08. The molecule has 5 nitrogen and oxygen atoms in total. The Bertz CT molecular complexity index is 306. The Hall–Kier alpha value is -0.650. The average molecular weight is 298 g/mol. The van der Waals surface area contributed by atoms with Gasteiger partial charge in [-0.2, -0.15) is 0 Å². The molecule has 1 atom stereocenters. The number of nitrogens with zero attached hydrogens (tertiary/aromatic N) is 2. The number of rotatable bonds is 6. The lowest BCUT2D eigenvalue weighted by molar-refractivity contribution is -0.138. The standard InChI is InChI=1S/C16H30N2O3/c1-2-7-17-8-5-9-18(11-10-17)16(19)14-20-13-15-6-3-4-12-21-15/h15H,2-14H2,1H3/t15-/m0/s1. The number of hydrogen-bond acceptors (Lipinski definition) is 4. The van der Waals surface area contributed by atoms with Crippen LogP contribution in [0.1, 0.15) is 39.0 Å². The first kappa shape index (κ1) is 16.7. The summed E-state index contributed by atoms with van der Waals surface area (Å²) in [7, 11) is 0. The van der Waals surface area contributed by atoms with Gasteiger partial charge in [0.2, 0.25) is 5.91 Å². The molecule has 0 aromatic heterocycles. The predicted octanol–water partition coefficient (Wildman–Crippen LogP) is 1.52. The molecule has 0 bridgehead atoms. The Balaban J connectivity index is 1.63. The van der Waals surface area contributed by atoms with Crippen LogP contribution in [-0.2, 0) is 14.3 Å². The highest BCUT2D eigenvalue weighted by Crippen LogP contribution is 2.12. The Kier molecular flexibility index (Phi) is 7.47. The molecule has 2 aliphatic rings. The molecule has 5 heteroatoms. The summed E-state index contributed by atoms with van der Waals surface area (Å²) >= 11 is 0. The molecule has 2 rings (SSSR count). The fraction of sp³-hybridized carbons (Fsp3) is 0.938. The number of carbonyl (C=O) groups excluding carboxylic acids is 1. The summed E-state index contributed by atoms with van der Waals surface area (Å²) in [6.45, 7) is 8.73. The molecule has 0 aromatic carbocycles. The maximum atomic E-state index is 12.2. The molecule has 21 heavy (non-hydrogen) atoms. The van der Waals surface area contributed by atoms with Crippen molar-refractivity contribution in [2.45, 2.75) is 45.1 Å². The fourth-order valence-corrected chi connectivity index (χ4v) is 3.07. The Morgan fingerprint density at radius 3 is 2.86 bits per heavy atom. The molecule has 122 valence electrons. The molecular weight excluding hydrogens is 268 g/mol. The van der Waals surface area contributed by atoms with E-state index in [-0.39, 0.29) is 18.6 Å². The van der Waals surface area contributed by atoms with Crippen LogP contribution in [0.4, 0.5) is 0 Å². The van der Waals surface area contributed by atoms with Crippen molar-refractivity contribution in [3.63, 3.8) is 0 Å². The molecule has 1 amide bonds. The van der Waals surface area contributed by atoms with Crippen molar-refractivity contribution in [2.24, 2.45) is 0 Å². The summed E-state index contributed by atoms with van der Waals surface area (Å²) in [4.78, 5) is 16.6. The number of hydrogen-bond donors (Lipinski definition) is 0. The van der Waals surface area contributed by atoms with Gasteiger partial charge in [0.1, 0.15) is 6.61 Å². The molecule has 0 saturated carbocycles. The van der Waals surface area contributed by atoms with Crippen LogP contribution in [0, 0.1) is 0 Å². The van der Waals surface area contributed by atoms with Gasteiger partial charge >= 0.3 is 0 Å². The molecule has 0 radical (unpaired) electrons. The van der Waals surface area contributed by atoms with E-state index in [2.05, 4.69) is 11.8 Å². The summed E-state index contributed by atoms with van der Waals surface area (Å²) in [6, 6.07) is 0. The molecule has 2 fully saturated rings. The third-order valence-electron chi connectivity index (χ3n) is 4.28. The first-order chi connectivity index (χ1) is 10.3. The van der Waals surface area contributed by atoms with Crippen molar-refractivity contribution < 1.29 is 14.3 Å². The van der Waals surface area contributed by atoms with E-state index in [1.807, 2.05) is 4.90 Å². The van der Waals surface area contributed by atoms with Crippen molar-refractivity contribution in [3.05, 3.63) is 0 Å².